The lowest BCUT2D eigenvalue weighted by atomic mass is 10.1. The molecule has 0 radical (unpaired) electrons. The predicted octanol–water partition coefficient (Wildman–Crippen LogP) is 4.48. The zero-order chi connectivity index (χ0) is 18.7. The summed E-state index contributed by atoms with van der Waals surface area (Å²) in [6, 6.07) is 12.0. The van der Waals surface area contributed by atoms with Gasteiger partial charge in [0.2, 0.25) is 0 Å². The van der Waals surface area contributed by atoms with Crippen LogP contribution in [-0.4, -0.2) is 17.1 Å². The molecule has 0 saturated carbocycles. The van der Waals surface area contributed by atoms with Gasteiger partial charge in [-0.25, -0.2) is 9.97 Å². The predicted molar refractivity (Wildman–Crippen MR) is 107 cm³/mol. The molecule has 0 aliphatic carbocycles. The molecular weight excluding hydrogens is 326 g/mol. The molecule has 0 atom stereocenters. The third-order valence-corrected chi connectivity index (χ3v) is 4.26. The lowest BCUT2D eigenvalue weighted by Gasteiger charge is -2.15. The Bertz CT molecular complexity index is 939. The molecule has 1 heterocycles. The molecule has 6 nitrogen and oxygen atoms in total. The van der Waals surface area contributed by atoms with E-state index >= 15 is 0 Å². The van der Waals surface area contributed by atoms with Crippen LogP contribution in [0.15, 0.2) is 42.7 Å². The molecule has 0 amide bonds. The van der Waals surface area contributed by atoms with Crippen LogP contribution in [0.4, 0.5) is 28.7 Å². The fourth-order valence-electron chi connectivity index (χ4n) is 2.60. The molecule has 3 aromatic rings. The van der Waals surface area contributed by atoms with Gasteiger partial charge in [0.15, 0.2) is 11.6 Å². The SMILES string of the molecule is COc1ccc(C)cc1Nc1ncnc(Nc2ccc(C)c(C)c2)c1N. The second-order valence-corrected chi connectivity index (χ2v) is 6.24. The van der Waals surface area contributed by atoms with Crippen LogP contribution in [0.2, 0.25) is 0 Å². The topological polar surface area (TPSA) is 85.1 Å². The molecule has 0 aliphatic heterocycles. The number of aromatic nitrogens is 2. The van der Waals surface area contributed by atoms with Crippen LogP contribution >= 0.6 is 0 Å². The minimum atomic E-state index is 0.439. The maximum absolute atomic E-state index is 6.29. The Morgan fingerprint density at radius 2 is 1.62 bits per heavy atom. The van der Waals surface area contributed by atoms with Gasteiger partial charge in [0.25, 0.3) is 0 Å². The molecule has 0 saturated heterocycles. The van der Waals surface area contributed by atoms with E-state index in [0.717, 1.165) is 22.7 Å². The highest BCUT2D eigenvalue weighted by Gasteiger charge is 2.11. The Hall–Kier alpha value is -3.28. The van der Waals surface area contributed by atoms with Gasteiger partial charge >= 0.3 is 0 Å². The first-order chi connectivity index (χ1) is 12.5. The maximum Gasteiger partial charge on any atom is 0.159 e. The lowest BCUT2D eigenvalue weighted by Crippen LogP contribution is -2.06. The third-order valence-electron chi connectivity index (χ3n) is 4.26. The molecule has 3 rings (SSSR count). The number of methoxy groups -OCH3 is 1. The summed E-state index contributed by atoms with van der Waals surface area (Å²) in [7, 11) is 1.63. The Morgan fingerprint density at radius 3 is 2.31 bits per heavy atom. The molecule has 2 aromatic carbocycles. The van der Waals surface area contributed by atoms with Crippen molar-refractivity contribution in [3.8, 4) is 5.75 Å². The highest BCUT2D eigenvalue weighted by molar-refractivity contribution is 5.81. The fraction of sp³-hybridized carbons (Fsp3) is 0.200. The Morgan fingerprint density at radius 1 is 0.885 bits per heavy atom. The number of nitrogens with two attached hydrogens (primary N) is 1. The van der Waals surface area contributed by atoms with E-state index in [1.165, 1.54) is 17.5 Å². The number of benzene rings is 2. The summed E-state index contributed by atoms with van der Waals surface area (Å²) in [5.41, 5.74) is 12.0. The van der Waals surface area contributed by atoms with Crippen molar-refractivity contribution in [3.63, 3.8) is 0 Å². The average molecular weight is 349 g/mol. The molecular formula is C20H23N5O. The number of aryl methyl sites for hydroxylation is 3. The monoisotopic (exact) mass is 349 g/mol. The standard InChI is InChI=1S/C20H23N5O/c1-12-5-8-17(26-4)16(9-12)25-20-18(21)19(22-11-23-20)24-15-7-6-13(2)14(3)10-15/h5-11H,21H2,1-4H3,(H2,22,23,24,25). The van der Waals surface area contributed by atoms with Crippen molar-refractivity contribution >= 4 is 28.7 Å². The molecule has 0 bridgehead atoms. The van der Waals surface area contributed by atoms with Gasteiger partial charge in [0, 0.05) is 5.69 Å². The quantitative estimate of drug-likeness (QED) is 0.630. The van der Waals surface area contributed by atoms with Gasteiger partial charge in [0.05, 0.1) is 12.8 Å². The zero-order valence-corrected chi connectivity index (χ0v) is 15.4. The first kappa shape index (κ1) is 17.5. The maximum atomic E-state index is 6.29. The number of ether oxygens (including phenoxy) is 1. The molecule has 0 fully saturated rings. The average Bonchev–Trinajstić information content (AvgIpc) is 2.62. The van der Waals surface area contributed by atoms with Gasteiger partial charge in [-0.3, -0.25) is 0 Å². The fourth-order valence-corrected chi connectivity index (χ4v) is 2.60. The molecule has 0 aliphatic rings. The highest BCUT2D eigenvalue weighted by Crippen LogP contribution is 2.32. The van der Waals surface area contributed by atoms with Crippen LogP contribution in [0.5, 0.6) is 5.75 Å². The smallest absolute Gasteiger partial charge is 0.159 e. The van der Waals surface area contributed by atoms with Crippen LogP contribution in [0.3, 0.4) is 0 Å². The van der Waals surface area contributed by atoms with Crippen LogP contribution in [-0.2, 0) is 0 Å². The number of nitrogen functional groups attached to an aromatic ring is 1. The van der Waals surface area contributed by atoms with Crippen molar-refractivity contribution < 1.29 is 4.74 Å². The number of nitrogens with zero attached hydrogens (tertiary/aromatic N) is 2. The molecule has 26 heavy (non-hydrogen) atoms. The first-order valence-electron chi connectivity index (χ1n) is 8.34. The molecule has 6 heteroatoms. The molecule has 4 N–H and O–H groups in total. The minimum absolute atomic E-state index is 0.439. The van der Waals surface area contributed by atoms with Crippen LogP contribution in [0.1, 0.15) is 16.7 Å². The minimum Gasteiger partial charge on any atom is -0.495 e. The van der Waals surface area contributed by atoms with E-state index in [2.05, 4.69) is 46.6 Å². The summed E-state index contributed by atoms with van der Waals surface area (Å²) in [5.74, 6) is 1.80. The summed E-state index contributed by atoms with van der Waals surface area (Å²) >= 11 is 0. The Kier molecular flexibility index (Phi) is 4.93. The number of hydrogen-bond acceptors (Lipinski definition) is 6. The number of rotatable bonds is 5. The highest BCUT2D eigenvalue weighted by atomic mass is 16.5. The summed E-state index contributed by atoms with van der Waals surface area (Å²) in [5, 5.41) is 6.50. The van der Waals surface area contributed by atoms with Gasteiger partial charge in [-0.05, 0) is 61.7 Å². The van der Waals surface area contributed by atoms with Gasteiger partial charge in [-0.15, -0.1) is 0 Å². The molecule has 0 unspecified atom stereocenters. The van der Waals surface area contributed by atoms with Gasteiger partial charge in [0.1, 0.15) is 17.8 Å². The number of nitrogens with one attached hydrogen (secondary N) is 2. The Labute approximate surface area is 153 Å². The summed E-state index contributed by atoms with van der Waals surface area (Å²) in [4.78, 5) is 8.54. The van der Waals surface area contributed by atoms with Crippen molar-refractivity contribution in [2.75, 3.05) is 23.5 Å². The van der Waals surface area contributed by atoms with Gasteiger partial charge in [-0.1, -0.05) is 12.1 Å². The summed E-state index contributed by atoms with van der Waals surface area (Å²) in [6.07, 6.45) is 1.48. The van der Waals surface area contributed by atoms with E-state index in [9.17, 15) is 0 Å². The summed E-state index contributed by atoms with van der Waals surface area (Å²) in [6.45, 7) is 6.16. The normalized spacial score (nSPS) is 10.5. The van der Waals surface area contributed by atoms with E-state index in [-0.39, 0.29) is 0 Å². The second kappa shape index (κ2) is 7.31. The van der Waals surface area contributed by atoms with Crippen molar-refractivity contribution in [1.29, 1.82) is 0 Å². The molecule has 1 aromatic heterocycles. The number of anilines is 5. The second-order valence-electron chi connectivity index (χ2n) is 6.24. The van der Waals surface area contributed by atoms with E-state index in [1.54, 1.807) is 7.11 Å². The van der Waals surface area contributed by atoms with Gasteiger partial charge in [-0.2, -0.15) is 0 Å². The number of hydrogen-bond donors (Lipinski definition) is 3. The lowest BCUT2D eigenvalue weighted by molar-refractivity contribution is 0.416. The first-order valence-corrected chi connectivity index (χ1v) is 8.34. The van der Waals surface area contributed by atoms with Crippen molar-refractivity contribution in [1.82, 2.24) is 9.97 Å². The van der Waals surface area contributed by atoms with E-state index in [0.29, 0.717) is 17.3 Å². The van der Waals surface area contributed by atoms with E-state index in [4.69, 9.17) is 10.5 Å². The zero-order valence-electron chi connectivity index (χ0n) is 15.4. The molecule has 134 valence electrons. The van der Waals surface area contributed by atoms with Crippen molar-refractivity contribution in [3.05, 3.63) is 59.4 Å². The van der Waals surface area contributed by atoms with Crippen LogP contribution in [0, 0.1) is 20.8 Å². The van der Waals surface area contributed by atoms with Crippen molar-refractivity contribution in [2.24, 2.45) is 0 Å². The summed E-state index contributed by atoms with van der Waals surface area (Å²) < 4.78 is 5.40. The Balaban J connectivity index is 1.90. The largest absolute Gasteiger partial charge is 0.495 e. The van der Waals surface area contributed by atoms with E-state index < -0.39 is 0 Å². The van der Waals surface area contributed by atoms with Crippen molar-refractivity contribution in [2.45, 2.75) is 20.8 Å². The van der Waals surface area contributed by atoms with Crippen LogP contribution in [0.25, 0.3) is 0 Å². The van der Waals surface area contributed by atoms with Crippen LogP contribution < -0.4 is 21.1 Å². The molecule has 0 spiro atoms. The third kappa shape index (κ3) is 3.69. The van der Waals surface area contributed by atoms with E-state index in [1.807, 2.05) is 31.2 Å². The van der Waals surface area contributed by atoms with Gasteiger partial charge < -0.3 is 21.1 Å².